The molecule has 1 heterocycles. The van der Waals surface area contributed by atoms with Gasteiger partial charge in [0.1, 0.15) is 0 Å². The Morgan fingerprint density at radius 3 is 2.40 bits per heavy atom. The fraction of sp³-hybridized carbons (Fsp3) is 0.889. The summed E-state index contributed by atoms with van der Waals surface area (Å²) < 4.78 is 37.9. The fourth-order valence-corrected chi connectivity index (χ4v) is 2.18. The monoisotopic (exact) mass is 224 g/mol. The Hall–Kier alpha value is -0.780. The van der Waals surface area contributed by atoms with Crippen LogP contribution in [0.2, 0.25) is 0 Å². The van der Waals surface area contributed by atoms with Crippen molar-refractivity contribution in [3.05, 3.63) is 0 Å². The lowest BCUT2D eigenvalue weighted by molar-refractivity contribution is -0.191. The number of carbonyl (C=O) groups is 1. The largest absolute Gasteiger partial charge is 0.393 e. The minimum atomic E-state index is -4.21. The highest BCUT2D eigenvalue weighted by Crippen LogP contribution is 2.44. The van der Waals surface area contributed by atoms with E-state index >= 15 is 0 Å². The van der Waals surface area contributed by atoms with Crippen LogP contribution in [0.4, 0.5) is 13.2 Å². The lowest BCUT2D eigenvalue weighted by Gasteiger charge is -2.36. The van der Waals surface area contributed by atoms with Crippen LogP contribution >= 0.6 is 0 Å². The average Bonchev–Trinajstić information content (AvgIpc) is 2.24. The van der Waals surface area contributed by atoms with E-state index in [1.807, 2.05) is 0 Å². The highest BCUT2D eigenvalue weighted by molar-refractivity contribution is 5.76. The number of carbonyl (C=O) groups excluding carboxylic acids is 1. The molecule has 0 saturated carbocycles. The Bertz CT molecular complexity index is 263. The number of hydrogen-bond donors (Lipinski definition) is 1. The number of alkyl halides is 3. The van der Waals surface area contributed by atoms with E-state index in [1.165, 1.54) is 18.7 Å². The smallest absolute Gasteiger partial charge is 0.369 e. The minimum Gasteiger partial charge on any atom is -0.369 e. The third kappa shape index (κ3) is 2.42. The predicted molar refractivity (Wildman–Crippen MR) is 49.0 cm³/mol. The van der Waals surface area contributed by atoms with Gasteiger partial charge in [0.25, 0.3) is 0 Å². The van der Waals surface area contributed by atoms with Gasteiger partial charge < -0.3 is 5.73 Å². The summed E-state index contributed by atoms with van der Waals surface area (Å²) in [7, 11) is 0. The molecule has 15 heavy (non-hydrogen) atoms. The van der Waals surface area contributed by atoms with Crippen LogP contribution in [0.5, 0.6) is 0 Å². The number of amides is 1. The molecule has 1 rings (SSSR count). The Kier molecular flexibility index (Phi) is 3.00. The van der Waals surface area contributed by atoms with E-state index in [0.29, 0.717) is 0 Å². The maximum atomic E-state index is 12.6. The molecule has 1 amide bonds. The van der Waals surface area contributed by atoms with Crippen molar-refractivity contribution in [3.8, 4) is 0 Å². The summed E-state index contributed by atoms with van der Waals surface area (Å²) in [6.07, 6.45) is -4.18. The van der Waals surface area contributed by atoms with Gasteiger partial charge in [-0.25, -0.2) is 0 Å². The molecule has 0 aromatic heterocycles. The Balaban J connectivity index is 2.80. The van der Waals surface area contributed by atoms with Crippen molar-refractivity contribution in [1.29, 1.82) is 0 Å². The van der Waals surface area contributed by atoms with Crippen molar-refractivity contribution in [1.82, 2.24) is 4.90 Å². The fourth-order valence-electron chi connectivity index (χ4n) is 2.18. The van der Waals surface area contributed by atoms with Crippen molar-refractivity contribution in [2.45, 2.75) is 32.0 Å². The molecule has 1 atom stereocenters. The summed E-state index contributed by atoms with van der Waals surface area (Å²) >= 11 is 0. The first-order valence-corrected chi connectivity index (χ1v) is 4.75. The molecule has 2 N–H and O–H groups in total. The van der Waals surface area contributed by atoms with E-state index in [4.69, 9.17) is 5.73 Å². The van der Waals surface area contributed by atoms with Crippen molar-refractivity contribution < 1.29 is 18.0 Å². The van der Waals surface area contributed by atoms with Crippen LogP contribution in [0.3, 0.4) is 0 Å². The van der Waals surface area contributed by atoms with E-state index in [2.05, 4.69) is 0 Å². The molecule has 0 bridgehead atoms. The summed E-state index contributed by atoms with van der Waals surface area (Å²) in [5.74, 6) is -1.98. The first-order valence-electron chi connectivity index (χ1n) is 4.75. The normalized spacial score (nSPS) is 26.9. The zero-order chi connectivity index (χ0) is 11.9. The van der Waals surface area contributed by atoms with Gasteiger partial charge in [0.2, 0.25) is 5.91 Å². The quantitative estimate of drug-likeness (QED) is 0.764. The van der Waals surface area contributed by atoms with Crippen molar-refractivity contribution in [2.75, 3.05) is 13.1 Å². The molecular weight excluding hydrogens is 209 g/mol. The van der Waals surface area contributed by atoms with Gasteiger partial charge in [-0.1, -0.05) is 0 Å². The number of nitrogens with two attached hydrogens (primary N) is 1. The van der Waals surface area contributed by atoms with Crippen molar-refractivity contribution in [3.63, 3.8) is 0 Å². The number of halogens is 3. The molecule has 0 aromatic rings. The van der Waals surface area contributed by atoms with Crippen LogP contribution in [-0.2, 0) is 4.79 Å². The predicted octanol–water partition coefficient (Wildman–Crippen LogP) is 1.13. The standard InChI is InChI=1S/C9H15F3N2O/c1-8(2)6(9(10,11)12)3-4-14(8)5-7(13)15/h6H,3-5H2,1-2H3,(H2,13,15). The number of rotatable bonds is 2. The van der Waals surface area contributed by atoms with Crippen LogP contribution in [0, 0.1) is 5.92 Å². The number of primary amides is 1. The van der Waals surface area contributed by atoms with Gasteiger partial charge in [-0.3, -0.25) is 9.69 Å². The molecule has 0 radical (unpaired) electrons. The summed E-state index contributed by atoms with van der Waals surface area (Å²) in [6, 6.07) is 0. The average molecular weight is 224 g/mol. The Labute approximate surface area is 86.4 Å². The molecule has 6 heteroatoms. The second-order valence-electron chi connectivity index (χ2n) is 4.42. The van der Waals surface area contributed by atoms with Gasteiger partial charge >= 0.3 is 6.18 Å². The molecule has 1 saturated heterocycles. The van der Waals surface area contributed by atoms with Crippen molar-refractivity contribution >= 4 is 5.91 Å². The first-order chi connectivity index (χ1) is 6.65. The van der Waals surface area contributed by atoms with Crippen molar-refractivity contribution in [2.24, 2.45) is 11.7 Å². The summed E-state index contributed by atoms with van der Waals surface area (Å²) in [5, 5.41) is 0. The van der Waals surface area contributed by atoms with Crippen LogP contribution in [0.1, 0.15) is 20.3 Å². The Morgan fingerprint density at radius 2 is 2.07 bits per heavy atom. The van der Waals surface area contributed by atoms with E-state index < -0.39 is 23.5 Å². The lowest BCUT2D eigenvalue weighted by Crippen LogP contribution is -2.49. The van der Waals surface area contributed by atoms with Crippen LogP contribution in [0.15, 0.2) is 0 Å². The van der Waals surface area contributed by atoms with Gasteiger partial charge in [0, 0.05) is 5.54 Å². The summed E-state index contributed by atoms with van der Waals surface area (Å²) in [4.78, 5) is 12.2. The molecule has 0 spiro atoms. The maximum absolute atomic E-state index is 12.6. The van der Waals surface area contributed by atoms with Gasteiger partial charge in [0.15, 0.2) is 0 Å². The van der Waals surface area contributed by atoms with Gasteiger partial charge in [-0.15, -0.1) is 0 Å². The summed E-state index contributed by atoms with van der Waals surface area (Å²) in [6.45, 7) is 3.15. The van der Waals surface area contributed by atoms with E-state index in [-0.39, 0.29) is 19.5 Å². The van der Waals surface area contributed by atoms with E-state index in [0.717, 1.165) is 0 Å². The van der Waals surface area contributed by atoms with Crippen LogP contribution in [-0.4, -0.2) is 35.6 Å². The second-order valence-corrected chi connectivity index (χ2v) is 4.42. The molecule has 0 aromatic carbocycles. The van der Waals surface area contributed by atoms with Crippen LogP contribution < -0.4 is 5.73 Å². The lowest BCUT2D eigenvalue weighted by atomic mass is 9.88. The van der Waals surface area contributed by atoms with Gasteiger partial charge in [-0.05, 0) is 26.8 Å². The SMILES string of the molecule is CC1(C)C(C(F)(F)F)CCN1CC(N)=O. The highest BCUT2D eigenvalue weighted by Gasteiger charge is 2.54. The topological polar surface area (TPSA) is 46.3 Å². The molecule has 1 unspecified atom stereocenters. The molecule has 0 aliphatic carbocycles. The molecule has 1 aliphatic heterocycles. The van der Waals surface area contributed by atoms with Gasteiger partial charge in [0.05, 0.1) is 12.5 Å². The first kappa shape index (κ1) is 12.3. The molecule has 1 aliphatic rings. The number of likely N-dealkylation sites (tertiary alicyclic amines) is 1. The Morgan fingerprint density at radius 1 is 1.53 bits per heavy atom. The van der Waals surface area contributed by atoms with E-state index in [1.54, 1.807) is 0 Å². The maximum Gasteiger partial charge on any atom is 0.393 e. The zero-order valence-electron chi connectivity index (χ0n) is 8.77. The molecular formula is C9H15F3N2O. The minimum absolute atomic E-state index is 0.0315. The third-order valence-corrected chi connectivity index (χ3v) is 3.10. The molecule has 1 fully saturated rings. The van der Waals surface area contributed by atoms with Gasteiger partial charge in [-0.2, -0.15) is 13.2 Å². The second kappa shape index (κ2) is 3.66. The highest BCUT2D eigenvalue weighted by atomic mass is 19.4. The third-order valence-electron chi connectivity index (χ3n) is 3.10. The summed E-state index contributed by atoms with van der Waals surface area (Å²) in [5.41, 5.74) is 3.94. The van der Waals surface area contributed by atoms with Crippen LogP contribution in [0.25, 0.3) is 0 Å². The zero-order valence-corrected chi connectivity index (χ0v) is 8.77. The number of hydrogen-bond acceptors (Lipinski definition) is 2. The molecule has 3 nitrogen and oxygen atoms in total. The number of nitrogens with zero attached hydrogens (tertiary/aromatic N) is 1. The van der Waals surface area contributed by atoms with E-state index in [9.17, 15) is 18.0 Å². The molecule has 88 valence electrons.